The fourth-order valence-electron chi connectivity index (χ4n) is 1.28. The first-order chi connectivity index (χ1) is 9.54. The summed E-state index contributed by atoms with van der Waals surface area (Å²) in [6.07, 6.45) is 1.71. The Hall–Kier alpha value is -1.73. The van der Waals surface area contributed by atoms with Crippen LogP contribution in [-0.4, -0.2) is 31.1 Å². The van der Waals surface area contributed by atoms with Gasteiger partial charge >= 0.3 is 12.0 Å². The molecular weight excluding hydrogens is 302 g/mol. The number of hydrogen-bond donors (Lipinski definition) is 2. The smallest absolute Gasteiger partial charge is 0.332 e. The van der Waals surface area contributed by atoms with E-state index in [1.165, 1.54) is 25.1 Å². The lowest BCUT2D eigenvalue weighted by molar-refractivity contribution is -0.140. The highest BCUT2D eigenvalue weighted by Gasteiger charge is 2.07. The summed E-state index contributed by atoms with van der Waals surface area (Å²) in [5.41, 5.74) is 7.66. The van der Waals surface area contributed by atoms with E-state index < -0.39 is 6.03 Å². The fourth-order valence-corrected chi connectivity index (χ4v) is 2.54. The minimum Gasteiger partial charge on any atom is -0.469 e. The van der Waals surface area contributed by atoms with Gasteiger partial charge in [-0.25, -0.2) is 10.2 Å². The van der Waals surface area contributed by atoms with E-state index in [1.807, 2.05) is 6.07 Å². The molecule has 3 N–H and O–H groups in total. The van der Waals surface area contributed by atoms with Gasteiger partial charge in [-0.15, -0.1) is 11.8 Å². The first kappa shape index (κ1) is 16.3. The number of urea groups is 1. The second-order valence-electron chi connectivity index (χ2n) is 3.56. The molecule has 0 aromatic heterocycles. The number of nitrogens with one attached hydrogen (secondary N) is 1. The molecule has 0 spiro atoms. The van der Waals surface area contributed by atoms with Crippen LogP contribution in [0.5, 0.6) is 0 Å². The number of hydrazone groups is 1. The first-order valence-electron chi connectivity index (χ1n) is 5.61. The zero-order valence-electron chi connectivity index (χ0n) is 10.8. The van der Waals surface area contributed by atoms with Gasteiger partial charge in [0.25, 0.3) is 0 Å². The molecular formula is C12H14ClN3O3S. The van der Waals surface area contributed by atoms with Crippen LogP contribution in [-0.2, 0) is 9.53 Å². The number of halogens is 1. The van der Waals surface area contributed by atoms with Crippen LogP contribution < -0.4 is 11.2 Å². The molecule has 0 heterocycles. The average molecular weight is 316 g/mol. The lowest BCUT2D eigenvalue weighted by atomic mass is 10.2. The molecule has 20 heavy (non-hydrogen) atoms. The van der Waals surface area contributed by atoms with Crippen LogP contribution in [0.3, 0.4) is 0 Å². The van der Waals surface area contributed by atoms with Gasteiger partial charge in [0, 0.05) is 16.2 Å². The number of ether oxygens (including phenoxy) is 1. The van der Waals surface area contributed by atoms with Crippen molar-refractivity contribution in [2.75, 3.05) is 12.9 Å². The molecule has 0 aliphatic heterocycles. The lowest BCUT2D eigenvalue weighted by Crippen LogP contribution is -2.24. The molecule has 2 amide bonds. The summed E-state index contributed by atoms with van der Waals surface area (Å²) in [7, 11) is 1.35. The van der Waals surface area contributed by atoms with E-state index in [1.54, 1.807) is 12.1 Å². The molecule has 0 radical (unpaired) electrons. The summed E-state index contributed by atoms with van der Waals surface area (Å²) in [5, 5.41) is 4.17. The number of carbonyl (C=O) groups is 2. The number of nitrogens with zero attached hydrogens (tertiary/aromatic N) is 1. The van der Waals surface area contributed by atoms with Crippen molar-refractivity contribution in [2.24, 2.45) is 10.8 Å². The average Bonchev–Trinajstić information content (AvgIpc) is 2.41. The maximum absolute atomic E-state index is 11.1. The molecule has 0 saturated carbocycles. The first-order valence-corrected chi connectivity index (χ1v) is 6.97. The summed E-state index contributed by atoms with van der Waals surface area (Å²) < 4.78 is 4.57. The predicted octanol–water partition coefficient (Wildman–Crippen LogP) is 2.00. The van der Waals surface area contributed by atoms with Gasteiger partial charge in [-0.2, -0.15) is 5.10 Å². The molecule has 6 nitrogen and oxygen atoms in total. The third-order valence-corrected chi connectivity index (χ3v) is 3.58. The van der Waals surface area contributed by atoms with Gasteiger partial charge in [0.05, 0.1) is 24.8 Å². The Bertz CT molecular complexity index is 523. The number of benzene rings is 1. The number of thioether (sulfide) groups is 1. The summed E-state index contributed by atoms with van der Waals surface area (Å²) >= 11 is 7.52. The molecule has 1 aromatic carbocycles. The molecule has 0 aliphatic carbocycles. The quantitative estimate of drug-likeness (QED) is 0.363. The molecule has 0 unspecified atom stereocenters. The second-order valence-corrected chi connectivity index (χ2v) is 5.10. The van der Waals surface area contributed by atoms with Crippen molar-refractivity contribution >= 4 is 41.6 Å². The van der Waals surface area contributed by atoms with E-state index in [0.29, 0.717) is 22.8 Å². The van der Waals surface area contributed by atoms with Gasteiger partial charge in [-0.05, 0) is 12.1 Å². The van der Waals surface area contributed by atoms with Gasteiger partial charge in [0.1, 0.15) is 0 Å². The number of hydrogen-bond acceptors (Lipinski definition) is 5. The monoisotopic (exact) mass is 315 g/mol. The fraction of sp³-hybridized carbons (Fsp3) is 0.250. The van der Waals surface area contributed by atoms with E-state index in [2.05, 4.69) is 15.3 Å². The Kier molecular flexibility index (Phi) is 6.89. The normalized spacial score (nSPS) is 10.5. The number of primary amides is 1. The predicted molar refractivity (Wildman–Crippen MR) is 79.1 cm³/mol. The number of amides is 2. The minimum atomic E-state index is -0.756. The summed E-state index contributed by atoms with van der Waals surface area (Å²) in [6, 6.07) is 4.59. The highest BCUT2D eigenvalue weighted by molar-refractivity contribution is 7.99. The summed E-state index contributed by atoms with van der Waals surface area (Å²) in [5.74, 6) is 0.280. The minimum absolute atomic E-state index is 0.273. The lowest BCUT2D eigenvalue weighted by Gasteiger charge is -2.07. The van der Waals surface area contributed by atoms with Crippen LogP contribution in [0.2, 0.25) is 5.02 Å². The van der Waals surface area contributed by atoms with Gasteiger partial charge in [-0.1, -0.05) is 17.7 Å². The Morgan fingerprint density at radius 2 is 2.30 bits per heavy atom. The van der Waals surface area contributed by atoms with Crippen LogP contribution in [0, 0.1) is 0 Å². The highest BCUT2D eigenvalue weighted by Crippen LogP contribution is 2.27. The summed E-state index contributed by atoms with van der Waals surface area (Å²) in [6.45, 7) is 0. The van der Waals surface area contributed by atoms with Gasteiger partial charge in [-0.3, -0.25) is 4.79 Å². The maximum Gasteiger partial charge on any atom is 0.332 e. The van der Waals surface area contributed by atoms with Crippen molar-refractivity contribution in [3.8, 4) is 0 Å². The Balaban J connectivity index is 2.74. The largest absolute Gasteiger partial charge is 0.469 e. The van der Waals surface area contributed by atoms with Crippen LogP contribution in [0.15, 0.2) is 28.2 Å². The molecule has 0 bridgehead atoms. The van der Waals surface area contributed by atoms with Crippen LogP contribution in [0.1, 0.15) is 12.0 Å². The molecule has 0 aliphatic rings. The second kappa shape index (κ2) is 8.44. The third kappa shape index (κ3) is 5.50. The molecule has 108 valence electrons. The standard InChI is InChI=1S/C12H14ClN3O3S/c1-19-11(17)5-6-20-10-4-2-3-9(13)8(10)7-15-16-12(14)18/h2-4,7H,5-6H2,1H3,(H3,14,16,18). The van der Waals surface area contributed by atoms with E-state index in [9.17, 15) is 9.59 Å². The SMILES string of the molecule is COC(=O)CCSc1cccc(Cl)c1C=NNC(N)=O. The van der Waals surface area contributed by atoms with Crippen molar-refractivity contribution in [2.45, 2.75) is 11.3 Å². The topological polar surface area (TPSA) is 93.8 Å². The van der Waals surface area contributed by atoms with Crippen LogP contribution in [0.4, 0.5) is 4.79 Å². The van der Waals surface area contributed by atoms with Crippen molar-refractivity contribution in [1.29, 1.82) is 0 Å². The van der Waals surface area contributed by atoms with Crippen LogP contribution in [0.25, 0.3) is 0 Å². The molecule has 1 rings (SSSR count). The van der Waals surface area contributed by atoms with Gasteiger partial charge in [0.15, 0.2) is 0 Å². The maximum atomic E-state index is 11.1. The van der Waals surface area contributed by atoms with Gasteiger partial charge in [0.2, 0.25) is 0 Å². The Morgan fingerprint density at radius 3 is 2.95 bits per heavy atom. The number of carbonyl (C=O) groups excluding carboxylic acids is 2. The van der Waals surface area contributed by atoms with E-state index in [-0.39, 0.29) is 5.97 Å². The highest BCUT2D eigenvalue weighted by atomic mass is 35.5. The molecule has 0 fully saturated rings. The number of methoxy groups -OCH3 is 1. The summed E-state index contributed by atoms with van der Waals surface area (Å²) in [4.78, 5) is 22.4. The Morgan fingerprint density at radius 1 is 1.55 bits per heavy atom. The number of esters is 1. The number of nitrogens with two attached hydrogens (primary N) is 1. The van der Waals surface area contributed by atoms with Crippen molar-refractivity contribution in [3.05, 3.63) is 28.8 Å². The molecule has 0 saturated heterocycles. The van der Waals surface area contributed by atoms with Gasteiger partial charge < -0.3 is 10.5 Å². The number of rotatable bonds is 6. The van der Waals surface area contributed by atoms with Crippen molar-refractivity contribution in [1.82, 2.24) is 5.43 Å². The van der Waals surface area contributed by atoms with Crippen molar-refractivity contribution < 1.29 is 14.3 Å². The van der Waals surface area contributed by atoms with E-state index in [0.717, 1.165) is 4.90 Å². The van der Waals surface area contributed by atoms with Crippen LogP contribution >= 0.6 is 23.4 Å². The third-order valence-electron chi connectivity index (χ3n) is 2.17. The Labute approximate surface area is 125 Å². The molecule has 0 atom stereocenters. The van der Waals surface area contributed by atoms with E-state index in [4.69, 9.17) is 17.3 Å². The molecule has 8 heteroatoms. The zero-order valence-corrected chi connectivity index (χ0v) is 12.3. The molecule has 1 aromatic rings. The zero-order chi connectivity index (χ0) is 15.0. The van der Waals surface area contributed by atoms with Crippen molar-refractivity contribution in [3.63, 3.8) is 0 Å². The van der Waals surface area contributed by atoms with E-state index >= 15 is 0 Å².